The molecule has 0 radical (unpaired) electrons. The van der Waals surface area contributed by atoms with Gasteiger partial charge in [-0.1, -0.05) is 6.07 Å². The summed E-state index contributed by atoms with van der Waals surface area (Å²) in [4.78, 5) is 27.0. The molecule has 7 heteroatoms. The summed E-state index contributed by atoms with van der Waals surface area (Å²) in [6.45, 7) is 1.65. The Morgan fingerprint density at radius 2 is 1.89 bits per heavy atom. The number of carbonyl (C=O) groups excluding carboxylic acids is 2. The van der Waals surface area contributed by atoms with Gasteiger partial charge in [0.2, 0.25) is 5.91 Å². The van der Waals surface area contributed by atoms with Crippen LogP contribution in [0.5, 0.6) is 5.75 Å². The quantitative estimate of drug-likeness (QED) is 0.655. The Labute approximate surface area is 166 Å². The number of halogens is 1. The van der Waals surface area contributed by atoms with E-state index < -0.39 is 11.7 Å². The van der Waals surface area contributed by atoms with E-state index in [2.05, 4.69) is 5.32 Å². The third-order valence-corrected chi connectivity index (χ3v) is 4.90. The molecule has 0 fully saturated rings. The third kappa shape index (κ3) is 4.55. The summed E-state index contributed by atoms with van der Waals surface area (Å²) in [7, 11) is 1.56. The molecule has 3 rings (SSSR count). The van der Waals surface area contributed by atoms with E-state index in [0.717, 1.165) is 4.88 Å². The van der Waals surface area contributed by atoms with Crippen molar-refractivity contribution in [1.82, 2.24) is 0 Å². The van der Waals surface area contributed by atoms with Crippen LogP contribution in [-0.2, 0) is 11.3 Å². The number of methoxy groups -OCH3 is 1. The number of rotatable bonds is 6. The average molecular weight is 398 g/mol. The molecular formula is C21H19FN2O3S. The van der Waals surface area contributed by atoms with Gasteiger partial charge in [0.1, 0.15) is 11.6 Å². The first-order valence-electron chi connectivity index (χ1n) is 8.53. The van der Waals surface area contributed by atoms with Crippen LogP contribution in [0.15, 0.2) is 60.0 Å². The first-order valence-corrected chi connectivity index (χ1v) is 9.41. The van der Waals surface area contributed by atoms with Gasteiger partial charge >= 0.3 is 0 Å². The number of ether oxygens (including phenoxy) is 1. The number of anilines is 2. The Balaban J connectivity index is 1.99. The van der Waals surface area contributed by atoms with Gasteiger partial charge in [-0.2, -0.15) is 0 Å². The van der Waals surface area contributed by atoms with Crippen molar-refractivity contribution in [2.45, 2.75) is 13.5 Å². The predicted octanol–water partition coefficient (Wildman–Crippen LogP) is 4.70. The lowest BCUT2D eigenvalue weighted by Gasteiger charge is -2.23. The topological polar surface area (TPSA) is 58.6 Å². The summed E-state index contributed by atoms with van der Waals surface area (Å²) in [5.74, 6) is -0.784. The number of benzene rings is 2. The number of thiophene rings is 1. The van der Waals surface area contributed by atoms with Gasteiger partial charge in [-0.05, 0) is 53.9 Å². The third-order valence-electron chi connectivity index (χ3n) is 4.04. The van der Waals surface area contributed by atoms with Gasteiger partial charge in [-0.25, -0.2) is 4.39 Å². The van der Waals surface area contributed by atoms with Crippen LogP contribution in [0.4, 0.5) is 15.8 Å². The van der Waals surface area contributed by atoms with Gasteiger partial charge in [0, 0.05) is 23.2 Å². The number of amides is 2. The number of nitrogens with one attached hydrogen (secondary N) is 1. The predicted molar refractivity (Wildman–Crippen MR) is 109 cm³/mol. The van der Waals surface area contributed by atoms with Crippen LogP contribution in [0.2, 0.25) is 0 Å². The van der Waals surface area contributed by atoms with E-state index >= 15 is 0 Å². The SMILES string of the molecule is COc1ccc(N(Cc2cccs2)C(=O)c2cc(NC(C)=O)ccc2F)cc1. The van der Waals surface area contributed by atoms with Gasteiger partial charge in [0.05, 0.1) is 19.2 Å². The molecular weight excluding hydrogens is 379 g/mol. The molecule has 0 aliphatic heterocycles. The molecule has 2 aromatic carbocycles. The molecule has 0 aliphatic carbocycles. The Hall–Kier alpha value is -3.19. The lowest BCUT2D eigenvalue weighted by atomic mass is 10.1. The van der Waals surface area contributed by atoms with E-state index in [-0.39, 0.29) is 11.5 Å². The molecule has 0 unspecified atom stereocenters. The fourth-order valence-electron chi connectivity index (χ4n) is 2.72. The van der Waals surface area contributed by atoms with Crippen LogP contribution < -0.4 is 15.0 Å². The molecule has 28 heavy (non-hydrogen) atoms. The van der Waals surface area contributed by atoms with Gasteiger partial charge in [0.25, 0.3) is 5.91 Å². The minimum atomic E-state index is -0.649. The average Bonchev–Trinajstić information content (AvgIpc) is 3.20. The summed E-state index contributed by atoms with van der Waals surface area (Å²) in [6.07, 6.45) is 0. The molecule has 5 nitrogen and oxygen atoms in total. The van der Waals surface area contributed by atoms with Gasteiger partial charge in [-0.15, -0.1) is 11.3 Å². The second kappa shape index (κ2) is 8.67. The summed E-state index contributed by atoms with van der Waals surface area (Å²) in [6, 6.07) is 14.7. The smallest absolute Gasteiger partial charge is 0.261 e. The van der Waals surface area contributed by atoms with Crippen molar-refractivity contribution >= 4 is 34.5 Å². The standard InChI is InChI=1S/C21H19FN2O3S/c1-14(25)23-15-5-10-20(22)19(12-15)21(26)24(13-18-4-3-11-28-18)16-6-8-17(27-2)9-7-16/h3-12H,13H2,1-2H3,(H,23,25). The second-order valence-electron chi connectivity index (χ2n) is 6.04. The van der Waals surface area contributed by atoms with E-state index in [1.54, 1.807) is 31.4 Å². The molecule has 0 spiro atoms. The Morgan fingerprint density at radius 1 is 1.14 bits per heavy atom. The van der Waals surface area contributed by atoms with Crippen molar-refractivity contribution < 1.29 is 18.7 Å². The zero-order valence-corrected chi connectivity index (χ0v) is 16.3. The van der Waals surface area contributed by atoms with Crippen LogP contribution in [0, 0.1) is 5.82 Å². The van der Waals surface area contributed by atoms with Crippen molar-refractivity contribution in [2.75, 3.05) is 17.3 Å². The Kier molecular flexibility index (Phi) is 6.06. The van der Waals surface area contributed by atoms with Crippen molar-refractivity contribution in [2.24, 2.45) is 0 Å². The summed E-state index contributed by atoms with van der Waals surface area (Å²) >= 11 is 1.51. The molecule has 3 aromatic rings. The minimum absolute atomic E-state index is 0.112. The monoisotopic (exact) mass is 398 g/mol. The van der Waals surface area contributed by atoms with Crippen molar-refractivity contribution in [3.05, 3.63) is 76.2 Å². The van der Waals surface area contributed by atoms with Crippen molar-refractivity contribution in [3.63, 3.8) is 0 Å². The summed E-state index contributed by atoms with van der Waals surface area (Å²) in [5, 5.41) is 4.50. The Bertz CT molecular complexity index is 972. The second-order valence-corrected chi connectivity index (χ2v) is 7.08. The van der Waals surface area contributed by atoms with Gasteiger partial charge in [0.15, 0.2) is 0 Å². The van der Waals surface area contributed by atoms with E-state index in [1.807, 2.05) is 17.5 Å². The van der Waals surface area contributed by atoms with E-state index in [4.69, 9.17) is 4.74 Å². The highest BCUT2D eigenvalue weighted by atomic mass is 32.1. The number of hydrogen-bond acceptors (Lipinski definition) is 4. The highest BCUT2D eigenvalue weighted by Crippen LogP contribution is 2.26. The lowest BCUT2D eigenvalue weighted by Crippen LogP contribution is -2.31. The molecule has 0 saturated carbocycles. The molecule has 1 aromatic heterocycles. The molecule has 0 atom stereocenters. The lowest BCUT2D eigenvalue weighted by molar-refractivity contribution is -0.114. The summed E-state index contributed by atoms with van der Waals surface area (Å²) in [5.41, 5.74) is 0.866. The fraction of sp³-hybridized carbons (Fsp3) is 0.143. The summed E-state index contributed by atoms with van der Waals surface area (Å²) < 4.78 is 19.6. The number of nitrogens with zero attached hydrogens (tertiary/aromatic N) is 1. The first-order chi connectivity index (χ1) is 13.5. The molecule has 1 N–H and O–H groups in total. The molecule has 0 saturated heterocycles. The van der Waals surface area contributed by atoms with E-state index in [1.165, 1.54) is 41.4 Å². The first kappa shape index (κ1) is 19.6. The minimum Gasteiger partial charge on any atom is -0.497 e. The van der Waals surface area contributed by atoms with Crippen LogP contribution in [0.25, 0.3) is 0 Å². The molecule has 0 bridgehead atoms. The van der Waals surface area contributed by atoms with Gasteiger partial charge < -0.3 is 15.0 Å². The Morgan fingerprint density at radius 3 is 2.50 bits per heavy atom. The van der Waals surface area contributed by atoms with Crippen LogP contribution >= 0.6 is 11.3 Å². The highest BCUT2D eigenvalue weighted by Gasteiger charge is 2.22. The van der Waals surface area contributed by atoms with Crippen molar-refractivity contribution in [1.29, 1.82) is 0 Å². The largest absolute Gasteiger partial charge is 0.497 e. The zero-order chi connectivity index (χ0) is 20.1. The number of carbonyl (C=O) groups is 2. The molecule has 144 valence electrons. The maximum absolute atomic E-state index is 14.5. The molecule has 2 amide bonds. The number of hydrogen-bond donors (Lipinski definition) is 1. The highest BCUT2D eigenvalue weighted by molar-refractivity contribution is 7.09. The molecule has 0 aliphatic rings. The van der Waals surface area contributed by atoms with Gasteiger partial charge in [-0.3, -0.25) is 9.59 Å². The van der Waals surface area contributed by atoms with E-state index in [0.29, 0.717) is 23.7 Å². The van der Waals surface area contributed by atoms with Crippen LogP contribution in [0.1, 0.15) is 22.2 Å². The zero-order valence-electron chi connectivity index (χ0n) is 15.4. The van der Waals surface area contributed by atoms with E-state index in [9.17, 15) is 14.0 Å². The molecule has 1 heterocycles. The van der Waals surface area contributed by atoms with Crippen molar-refractivity contribution in [3.8, 4) is 5.75 Å². The fourth-order valence-corrected chi connectivity index (χ4v) is 3.41. The normalized spacial score (nSPS) is 10.4. The van der Waals surface area contributed by atoms with Crippen LogP contribution in [-0.4, -0.2) is 18.9 Å². The maximum atomic E-state index is 14.5. The maximum Gasteiger partial charge on any atom is 0.261 e. The van der Waals surface area contributed by atoms with Crippen LogP contribution in [0.3, 0.4) is 0 Å².